The molecule has 0 saturated carbocycles. The largest absolute Gasteiger partial charge is 0.369 e. The molecular weight excluding hydrogens is 221 g/mol. The second kappa shape index (κ2) is 3.52. The molecule has 0 fully saturated rings. The van der Waals surface area contributed by atoms with Crippen molar-refractivity contribution in [2.45, 2.75) is 0 Å². The number of rotatable bonds is 1. The van der Waals surface area contributed by atoms with Crippen molar-refractivity contribution in [2.75, 3.05) is 5.73 Å². The van der Waals surface area contributed by atoms with E-state index in [1.165, 1.54) is 0 Å². The smallest absolute Gasteiger partial charge is 0.198 e. The summed E-state index contributed by atoms with van der Waals surface area (Å²) in [5.74, 6) is 0.371. The molecule has 0 aliphatic heterocycles. The standard InChI is InChI=1S/C9H7Cl2N3/c10-6-1-5(2-7(11)3-6)8-4-13-9(12)14-8/h1-4H,(H3,12,13,14). The molecule has 0 aliphatic rings. The van der Waals surface area contributed by atoms with E-state index in [-0.39, 0.29) is 0 Å². The zero-order valence-electron chi connectivity index (χ0n) is 7.09. The Morgan fingerprint density at radius 2 is 1.79 bits per heavy atom. The van der Waals surface area contributed by atoms with Gasteiger partial charge in [-0.3, -0.25) is 0 Å². The van der Waals surface area contributed by atoms with Gasteiger partial charge < -0.3 is 10.7 Å². The quantitative estimate of drug-likeness (QED) is 0.788. The summed E-state index contributed by atoms with van der Waals surface area (Å²) >= 11 is 11.7. The molecule has 2 rings (SSSR count). The van der Waals surface area contributed by atoms with Crippen LogP contribution < -0.4 is 5.73 Å². The van der Waals surface area contributed by atoms with Crippen LogP contribution in [0.2, 0.25) is 10.0 Å². The number of nitrogen functional groups attached to an aromatic ring is 1. The Hall–Kier alpha value is -1.19. The Kier molecular flexibility index (Phi) is 2.35. The Labute approximate surface area is 90.9 Å². The molecule has 3 N–H and O–H groups in total. The summed E-state index contributed by atoms with van der Waals surface area (Å²) in [6.07, 6.45) is 1.71. The number of halogens is 2. The second-order valence-corrected chi connectivity index (χ2v) is 3.70. The normalized spacial score (nSPS) is 10.4. The van der Waals surface area contributed by atoms with Crippen LogP contribution in [0.4, 0.5) is 5.95 Å². The minimum atomic E-state index is 0.371. The summed E-state index contributed by atoms with van der Waals surface area (Å²) in [6.45, 7) is 0. The van der Waals surface area contributed by atoms with Gasteiger partial charge in [0.1, 0.15) is 0 Å². The Bertz CT molecular complexity index is 445. The molecule has 3 nitrogen and oxygen atoms in total. The molecule has 0 radical (unpaired) electrons. The number of hydrogen-bond acceptors (Lipinski definition) is 2. The molecule has 0 aliphatic carbocycles. The van der Waals surface area contributed by atoms with Gasteiger partial charge in [-0.05, 0) is 18.2 Å². The molecule has 5 heteroatoms. The van der Waals surface area contributed by atoms with Crippen molar-refractivity contribution in [3.05, 3.63) is 34.4 Å². The van der Waals surface area contributed by atoms with Gasteiger partial charge in [-0.15, -0.1) is 0 Å². The van der Waals surface area contributed by atoms with Gasteiger partial charge in [0.25, 0.3) is 0 Å². The van der Waals surface area contributed by atoms with Crippen molar-refractivity contribution < 1.29 is 0 Å². The van der Waals surface area contributed by atoms with Gasteiger partial charge >= 0.3 is 0 Å². The molecule has 1 aromatic carbocycles. The van der Waals surface area contributed by atoms with Gasteiger partial charge in [-0.2, -0.15) is 0 Å². The molecule has 0 spiro atoms. The lowest BCUT2D eigenvalue weighted by atomic mass is 10.2. The lowest BCUT2D eigenvalue weighted by Crippen LogP contribution is -1.85. The summed E-state index contributed by atoms with van der Waals surface area (Å²) in [4.78, 5) is 6.85. The van der Waals surface area contributed by atoms with Gasteiger partial charge in [0.05, 0.1) is 5.69 Å². The van der Waals surface area contributed by atoms with Crippen LogP contribution >= 0.6 is 23.2 Å². The maximum atomic E-state index is 5.85. The number of aromatic nitrogens is 2. The molecule has 1 heterocycles. The van der Waals surface area contributed by atoms with Gasteiger partial charge in [0, 0.05) is 21.8 Å². The molecular formula is C9H7Cl2N3. The van der Waals surface area contributed by atoms with Gasteiger partial charge in [-0.1, -0.05) is 23.2 Å². The van der Waals surface area contributed by atoms with E-state index >= 15 is 0 Å². The molecule has 0 unspecified atom stereocenters. The fourth-order valence-corrected chi connectivity index (χ4v) is 1.71. The summed E-state index contributed by atoms with van der Waals surface area (Å²) in [7, 11) is 0. The molecule has 2 aromatic rings. The minimum Gasteiger partial charge on any atom is -0.369 e. The molecule has 14 heavy (non-hydrogen) atoms. The minimum absolute atomic E-state index is 0.371. The fraction of sp³-hybridized carbons (Fsp3) is 0. The van der Waals surface area contributed by atoms with E-state index in [0.29, 0.717) is 16.0 Å². The predicted octanol–water partition coefficient (Wildman–Crippen LogP) is 2.97. The molecule has 0 bridgehead atoms. The summed E-state index contributed by atoms with van der Waals surface area (Å²) in [6, 6.07) is 5.23. The number of hydrogen-bond donors (Lipinski definition) is 2. The highest BCUT2D eigenvalue weighted by atomic mass is 35.5. The predicted molar refractivity (Wildman–Crippen MR) is 58.5 cm³/mol. The van der Waals surface area contributed by atoms with Crippen LogP contribution in [0.25, 0.3) is 11.3 Å². The third-order valence-electron chi connectivity index (χ3n) is 1.76. The second-order valence-electron chi connectivity index (χ2n) is 2.83. The number of anilines is 1. The van der Waals surface area contributed by atoms with Crippen LogP contribution in [0, 0.1) is 0 Å². The van der Waals surface area contributed by atoms with Crippen LogP contribution in [0.1, 0.15) is 0 Å². The molecule has 0 saturated heterocycles. The first-order valence-electron chi connectivity index (χ1n) is 3.92. The Balaban J connectivity index is 2.51. The van der Waals surface area contributed by atoms with Crippen LogP contribution in [-0.2, 0) is 0 Å². The monoisotopic (exact) mass is 227 g/mol. The summed E-state index contributed by atoms with van der Waals surface area (Å²) < 4.78 is 0. The van der Waals surface area contributed by atoms with E-state index < -0.39 is 0 Å². The number of nitrogens with one attached hydrogen (secondary N) is 1. The first-order chi connectivity index (χ1) is 6.65. The van der Waals surface area contributed by atoms with Crippen LogP contribution in [0.15, 0.2) is 24.4 Å². The van der Waals surface area contributed by atoms with E-state index in [1.54, 1.807) is 24.4 Å². The summed E-state index contributed by atoms with van der Waals surface area (Å²) in [5, 5.41) is 1.16. The third kappa shape index (κ3) is 1.84. The van der Waals surface area contributed by atoms with Gasteiger partial charge in [-0.25, -0.2) is 4.98 Å². The van der Waals surface area contributed by atoms with Gasteiger partial charge in [0.2, 0.25) is 0 Å². The first kappa shape index (κ1) is 9.37. The Morgan fingerprint density at radius 3 is 2.29 bits per heavy atom. The number of imidazole rings is 1. The highest BCUT2D eigenvalue weighted by Gasteiger charge is 2.04. The van der Waals surface area contributed by atoms with Crippen molar-refractivity contribution >= 4 is 29.2 Å². The van der Waals surface area contributed by atoms with E-state index in [1.807, 2.05) is 0 Å². The van der Waals surface area contributed by atoms with Crippen LogP contribution in [0.5, 0.6) is 0 Å². The maximum Gasteiger partial charge on any atom is 0.198 e. The highest BCUT2D eigenvalue weighted by Crippen LogP contribution is 2.26. The molecule has 0 atom stereocenters. The SMILES string of the molecule is Nc1nc(-c2cc(Cl)cc(Cl)c2)c[nH]1. The first-order valence-corrected chi connectivity index (χ1v) is 4.68. The van der Waals surface area contributed by atoms with Crippen molar-refractivity contribution in [2.24, 2.45) is 0 Å². The number of nitrogens with two attached hydrogens (primary N) is 1. The lowest BCUT2D eigenvalue weighted by molar-refractivity contribution is 1.33. The average molecular weight is 228 g/mol. The third-order valence-corrected chi connectivity index (χ3v) is 2.19. The van der Waals surface area contributed by atoms with Gasteiger partial charge in [0.15, 0.2) is 5.95 Å². The van der Waals surface area contributed by atoms with E-state index in [2.05, 4.69) is 9.97 Å². The zero-order valence-corrected chi connectivity index (χ0v) is 8.60. The van der Waals surface area contributed by atoms with Crippen molar-refractivity contribution in [3.63, 3.8) is 0 Å². The highest BCUT2D eigenvalue weighted by molar-refractivity contribution is 6.35. The average Bonchev–Trinajstić information content (AvgIpc) is 2.50. The topological polar surface area (TPSA) is 54.7 Å². The molecule has 1 aromatic heterocycles. The number of aromatic amines is 1. The van der Waals surface area contributed by atoms with Crippen molar-refractivity contribution in [3.8, 4) is 11.3 Å². The zero-order chi connectivity index (χ0) is 10.1. The van der Waals surface area contributed by atoms with E-state index in [9.17, 15) is 0 Å². The van der Waals surface area contributed by atoms with Crippen molar-refractivity contribution in [1.82, 2.24) is 9.97 Å². The lowest BCUT2D eigenvalue weighted by Gasteiger charge is -1.98. The maximum absolute atomic E-state index is 5.85. The Morgan fingerprint density at radius 1 is 1.14 bits per heavy atom. The fourth-order valence-electron chi connectivity index (χ4n) is 1.19. The number of benzene rings is 1. The van der Waals surface area contributed by atoms with Crippen molar-refractivity contribution in [1.29, 1.82) is 0 Å². The summed E-state index contributed by atoms with van der Waals surface area (Å²) in [5.41, 5.74) is 7.03. The van der Waals surface area contributed by atoms with E-state index in [4.69, 9.17) is 28.9 Å². The molecule has 72 valence electrons. The van der Waals surface area contributed by atoms with Crippen LogP contribution in [0.3, 0.4) is 0 Å². The number of H-pyrrole nitrogens is 1. The molecule has 0 amide bonds. The van der Waals surface area contributed by atoms with E-state index in [0.717, 1.165) is 11.3 Å². The number of nitrogens with zero attached hydrogens (tertiary/aromatic N) is 1. The van der Waals surface area contributed by atoms with Crippen LogP contribution in [-0.4, -0.2) is 9.97 Å².